The highest BCUT2D eigenvalue weighted by Gasteiger charge is 2.84. The molecule has 4 rings (SSSR count). The van der Waals surface area contributed by atoms with Crippen molar-refractivity contribution >= 4 is 5.78 Å². The van der Waals surface area contributed by atoms with E-state index in [-0.39, 0.29) is 35.9 Å². The molecule has 0 aromatic heterocycles. The van der Waals surface area contributed by atoms with Crippen molar-refractivity contribution in [3.8, 4) is 0 Å². The van der Waals surface area contributed by atoms with Gasteiger partial charge in [0.1, 0.15) is 6.10 Å². The first-order valence-corrected chi connectivity index (χ1v) is 7.28. The molecule has 0 amide bonds. The van der Waals surface area contributed by atoms with Crippen LogP contribution < -0.4 is 0 Å². The monoisotopic (exact) mass is 280 g/mol. The number of aliphatic hydroxyl groups excluding tert-OH is 2. The second-order valence-corrected chi connectivity index (χ2v) is 6.89. The average Bonchev–Trinajstić information content (AvgIpc) is 3.29. The van der Waals surface area contributed by atoms with Crippen molar-refractivity contribution in [1.82, 2.24) is 0 Å². The molecule has 3 fully saturated rings. The minimum atomic E-state index is -1.02. The van der Waals surface area contributed by atoms with Gasteiger partial charge in [-0.05, 0) is 24.8 Å². The Kier molecular flexibility index (Phi) is 2.28. The Morgan fingerprint density at radius 2 is 2.20 bits per heavy atom. The summed E-state index contributed by atoms with van der Waals surface area (Å²) < 4.78 is 11.3. The van der Waals surface area contributed by atoms with Crippen LogP contribution in [0, 0.1) is 11.3 Å². The number of aliphatic hydroxyl groups is 2. The van der Waals surface area contributed by atoms with Crippen LogP contribution in [0.1, 0.15) is 26.7 Å². The van der Waals surface area contributed by atoms with Gasteiger partial charge in [-0.1, -0.05) is 19.4 Å². The Balaban J connectivity index is 1.81. The number of rotatable bonds is 2. The van der Waals surface area contributed by atoms with Gasteiger partial charge in [0.15, 0.2) is 17.0 Å². The number of carbonyl (C=O) groups is 1. The summed E-state index contributed by atoms with van der Waals surface area (Å²) in [5, 5.41) is 19.8. The van der Waals surface area contributed by atoms with E-state index in [4.69, 9.17) is 9.47 Å². The largest absolute Gasteiger partial charge is 0.393 e. The molecule has 2 saturated heterocycles. The van der Waals surface area contributed by atoms with E-state index >= 15 is 0 Å². The molecule has 1 unspecified atom stereocenters. The molecule has 2 heterocycles. The molecule has 2 N–H and O–H groups in total. The highest BCUT2D eigenvalue weighted by atomic mass is 16.7. The number of ketones is 1. The minimum Gasteiger partial charge on any atom is -0.393 e. The van der Waals surface area contributed by atoms with Crippen molar-refractivity contribution in [2.75, 3.05) is 13.2 Å². The molecule has 0 bridgehead atoms. The molecule has 2 aliphatic heterocycles. The van der Waals surface area contributed by atoms with Crippen LogP contribution in [-0.4, -0.2) is 52.6 Å². The van der Waals surface area contributed by atoms with Crippen molar-refractivity contribution < 1.29 is 24.5 Å². The van der Waals surface area contributed by atoms with Crippen molar-refractivity contribution in [2.45, 2.75) is 50.1 Å². The third kappa shape index (κ3) is 1.18. The normalized spacial score (nSPS) is 56.7. The molecule has 0 aromatic carbocycles. The molecule has 2 aliphatic carbocycles. The predicted octanol–water partition coefficient (Wildman–Crippen LogP) is 0.192. The third-order valence-electron chi connectivity index (χ3n) is 6.18. The van der Waals surface area contributed by atoms with E-state index in [9.17, 15) is 15.0 Å². The van der Waals surface area contributed by atoms with E-state index in [1.165, 1.54) is 0 Å². The van der Waals surface area contributed by atoms with Gasteiger partial charge in [0.05, 0.1) is 19.3 Å². The minimum absolute atomic E-state index is 0.0250. The Bertz CT molecular complexity index is 522. The summed E-state index contributed by atoms with van der Waals surface area (Å²) in [6.45, 7) is 4.24. The number of fused-ring (bicyclic) bond motifs is 3. The third-order valence-corrected chi connectivity index (χ3v) is 6.18. The van der Waals surface area contributed by atoms with Crippen LogP contribution in [0.5, 0.6) is 0 Å². The summed E-state index contributed by atoms with van der Waals surface area (Å²) in [5.41, 5.74) is -1.15. The van der Waals surface area contributed by atoms with Crippen molar-refractivity contribution in [3.63, 3.8) is 0 Å². The van der Waals surface area contributed by atoms with Crippen molar-refractivity contribution in [1.29, 1.82) is 0 Å². The lowest BCUT2D eigenvalue weighted by Crippen LogP contribution is -2.55. The van der Waals surface area contributed by atoms with Gasteiger partial charge in [0, 0.05) is 5.41 Å². The molecular weight excluding hydrogens is 260 g/mol. The summed E-state index contributed by atoms with van der Waals surface area (Å²) >= 11 is 0. The van der Waals surface area contributed by atoms with E-state index < -0.39 is 11.2 Å². The van der Waals surface area contributed by atoms with Crippen molar-refractivity contribution in [2.24, 2.45) is 11.3 Å². The number of hydrogen-bond donors (Lipinski definition) is 2. The number of epoxide rings is 2. The van der Waals surface area contributed by atoms with Gasteiger partial charge < -0.3 is 19.7 Å². The zero-order chi connectivity index (χ0) is 14.3. The fourth-order valence-electron chi connectivity index (χ4n) is 4.38. The zero-order valence-corrected chi connectivity index (χ0v) is 11.8. The summed E-state index contributed by atoms with van der Waals surface area (Å²) in [6.07, 6.45) is 2.44. The first kappa shape index (κ1) is 13.0. The topological polar surface area (TPSA) is 82.6 Å². The second-order valence-electron chi connectivity index (χ2n) is 6.89. The molecule has 0 aromatic rings. The van der Waals surface area contributed by atoms with Crippen molar-refractivity contribution in [3.05, 3.63) is 11.6 Å². The lowest BCUT2D eigenvalue weighted by Gasteiger charge is -2.46. The molecule has 1 saturated carbocycles. The molecule has 20 heavy (non-hydrogen) atoms. The van der Waals surface area contributed by atoms with Gasteiger partial charge in [-0.15, -0.1) is 0 Å². The maximum absolute atomic E-state index is 12.5. The number of carbonyl (C=O) groups excluding carboxylic acids is 1. The van der Waals surface area contributed by atoms with Gasteiger partial charge in [-0.3, -0.25) is 4.79 Å². The Labute approximate surface area is 117 Å². The van der Waals surface area contributed by atoms with Gasteiger partial charge in [-0.2, -0.15) is 0 Å². The first-order chi connectivity index (χ1) is 9.42. The Morgan fingerprint density at radius 3 is 2.80 bits per heavy atom. The predicted molar refractivity (Wildman–Crippen MR) is 69.0 cm³/mol. The van der Waals surface area contributed by atoms with Crippen LogP contribution in [0.3, 0.4) is 0 Å². The average molecular weight is 280 g/mol. The molecule has 0 radical (unpaired) electrons. The van der Waals surface area contributed by atoms with Crippen LogP contribution in [0.15, 0.2) is 11.6 Å². The van der Waals surface area contributed by atoms with Gasteiger partial charge in [0.25, 0.3) is 0 Å². The van der Waals surface area contributed by atoms with Crippen LogP contribution in [0.2, 0.25) is 0 Å². The number of hydrogen-bond acceptors (Lipinski definition) is 5. The van der Waals surface area contributed by atoms with E-state index in [0.29, 0.717) is 13.0 Å². The second kappa shape index (κ2) is 3.53. The van der Waals surface area contributed by atoms with E-state index in [0.717, 1.165) is 12.0 Å². The standard InChI is InChI=1S/C15H20O5/c1-8-10(17)4-3-9-5-11(18)15(14(6-16)7-19-14)12(20-15)13(8,9)2/h5,8,10,12,16-17H,3-4,6-7H2,1-2H3/t8-,10+,12+,13+,14?,15-/m0/s1. The van der Waals surface area contributed by atoms with E-state index in [2.05, 4.69) is 6.92 Å². The fraction of sp³-hybridized carbons (Fsp3) is 0.800. The summed E-state index contributed by atoms with van der Waals surface area (Å²) in [7, 11) is 0. The molecule has 4 aliphatic rings. The highest BCUT2D eigenvalue weighted by Crippen LogP contribution is 2.67. The molecule has 6 atom stereocenters. The lowest BCUT2D eigenvalue weighted by molar-refractivity contribution is -0.123. The molecule has 5 heteroatoms. The molecule has 0 spiro atoms. The van der Waals surface area contributed by atoms with E-state index in [1.54, 1.807) is 6.08 Å². The molecule has 5 nitrogen and oxygen atoms in total. The highest BCUT2D eigenvalue weighted by molar-refractivity contribution is 6.03. The van der Waals surface area contributed by atoms with Crippen LogP contribution in [0.4, 0.5) is 0 Å². The maximum atomic E-state index is 12.5. The quantitative estimate of drug-likeness (QED) is 0.706. The van der Waals surface area contributed by atoms with Gasteiger partial charge >= 0.3 is 0 Å². The van der Waals surface area contributed by atoms with Crippen LogP contribution in [-0.2, 0) is 14.3 Å². The smallest absolute Gasteiger partial charge is 0.193 e. The summed E-state index contributed by atoms with van der Waals surface area (Å²) in [5.74, 6) is -0.0536. The van der Waals surface area contributed by atoms with Crippen LogP contribution in [0.25, 0.3) is 0 Å². The zero-order valence-electron chi connectivity index (χ0n) is 11.8. The molecule has 110 valence electrons. The number of ether oxygens (including phenoxy) is 2. The van der Waals surface area contributed by atoms with E-state index in [1.807, 2.05) is 6.92 Å². The van der Waals surface area contributed by atoms with Gasteiger partial charge in [0.2, 0.25) is 0 Å². The Morgan fingerprint density at radius 1 is 1.50 bits per heavy atom. The SMILES string of the molecule is C[C@H]1[C@H](O)CCC2=CC(=O)[C@]3(C4(CO)CO4)O[C@@H]3[C@@]21C. The van der Waals surface area contributed by atoms with Gasteiger partial charge in [-0.25, -0.2) is 0 Å². The lowest BCUT2D eigenvalue weighted by atomic mass is 9.56. The fourth-order valence-corrected chi connectivity index (χ4v) is 4.38. The summed E-state index contributed by atoms with van der Waals surface area (Å²) in [4.78, 5) is 12.5. The first-order valence-electron chi connectivity index (χ1n) is 7.28. The molecular formula is C15H20O5. The summed E-state index contributed by atoms with van der Waals surface area (Å²) in [6, 6.07) is 0. The van der Waals surface area contributed by atoms with Crippen LogP contribution >= 0.6 is 0 Å². The Hall–Kier alpha value is -0.750. The maximum Gasteiger partial charge on any atom is 0.193 e.